The van der Waals surface area contributed by atoms with Gasteiger partial charge in [0.2, 0.25) is 0 Å². The number of hydrogen-bond acceptors (Lipinski definition) is 3. The molecule has 2 N–H and O–H groups in total. The fourth-order valence-electron chi connectivity index (χ4n) is 4.09. The molecule has 2 amide bonds. The Kier molecular flexibility index (Phi) is 5.84. The van der Waals surface area contributed by atoms with Crippen molar-refractivity contribution in [2.45, 2.75) is 64.7 Å². The van der Waals surface area contributed by atoms with E-state index < -0.39 is 0 Å². The molecule has 25 heavy (non-hydrogen) atoms. The van der Waals surface area contributed by atoms with Crippen LogP contribution in [-0.2, 0) is 4.74 Å². The molecule has 1 heterocycles. The van der Waals surface area contributed by atoms with Crippen LogP contribution in [0.3, 0.4) is 0 Å². The van der Waals surface area contributed by atoms with E-state index in [4.69, 9.17) is 4.74 Å². The van der Waals surface area contributed by atoms with Crippen molar-refractivity contribution < 1.29 is 9.53 Å². The van der Waals surface area contributed by atoms with Gasteiger partial charge in [-0.3, -0.25) is 0 Å². The first kappa shape index (κ1) is 18.1. The molecular formula is C20H31N3O2. The van der Waals surface area contributed by atoms with Gasteiger partial charge in [0.15, 0.2) is 0 Å². The van der Waals surface area contributed by atoms with Crippen molar-refractivity contribution in [2.24, 2.45) is 5.92 Å². The van der Waals surface area contributed by atoms with Crippen LogP contribution in [0, 0.1) is 5.92 Å². The fourth-order valence-corrected chi connectivity index (χ4v) is 4.09. The molecule has 0 radical (unpaired) electrons. The van der Waals surface area contributed by atoms with E-state index in [-0.39, 0.29) is 24.3 Å². The van der Waals surface area contributed by atoms with Gasteiger partial charge in [-0.15, -0.1) is 0 Å². The maximum absolute atomic E-state index is 12.5. The van der Waals surface area contributed by atoms with Crippen LogP contribution in [-0.4, -0.2) is 37.4 Å². The number of nitrogens with zero attached hydrogens (tertiary/aromatic N) is 1. The Balaban J connectivity index is 1.67. The summed E-state index contributed by atoms with van der Waals surface area (Å²) in [5, 5.41) is 6.24. The third kappa shape index (κ3) is 4.66. The van der Waals surface area contributed by atoms with Gasteiger partial charge in [-0.2, -0.15) is 0 Å². The van der Waals surface area contributed by atoms with Crippen LogP contribution in [0.15, 0.2) is 24.3 Å². The molecule has 1 aromatic rings. The lowest BCUT2D eigenvalue weighted by molar-refractivity contribution is -0.00517. The first-order chi connectivity index (χ1) is 12.0. The van der Waals surface area contributed by atoms with Crippen molar-refractivity contribution in [3.05, 3.63) is 24.3 Å². The lowest BCUT2D eigenvalue weighted by atomic mass is 9.86. The summed E-state index contributed by atoms with van der Waals surface area (Å²) in [6.07, 6.45) is 5.13. The van der Waals surface area contributed by atoms with Gasteiger partial charge >= 0.3 is 6.03 Å². The van der Waals surface area contributed by atoms with Crippen molar-refractivity contribution in [3.63, 3.8) is 0 Å². The second-order valence-corrected chi connectivity index (χ2v) is 7.65. The SMILES string of the molecule is CC1CN(c2ccccc2NC(=O)NC2CCCCC2C)CC(C)O1. The average Bonchev–Trinajstić information content (AvgIpc) is 2.56. The fraction of sp³-hybridized carbons (Fsp3) is 0.650. The van der Waals surface area contributed by atoms with Crippen molar-refractivity contribution in [2.75, 3.05) is 23.3 Å². The second kappa shape index (κ2) is 8.09. The Hall–Kier alpha value is -1.75. The summed E-state index contributed by atoms with van der Waals surface area (Å²) >= 11 is 0. The molecule has 2 aliphatic rings. The molecule has 0 bridgehead atoms. The van der Waals surface area contributed by atoms with Gasteiger partial charge in [-0.1, -0.05) is 31.9 Å². The Morgan fingerprint density at radius 1 is 1.08 bits per heavy atom. The number of anilines is 2. The van der Waals surface area contributed by atoms with Crippen LogP contribution < -0.4 is 15.5 Å². The zero-order valence-corrected chi connectivity index (χ0v) is 15.6. The lowest BCUT2D eigenvalue weighted by Gasteiger charge is -2.37. The smallest absolute Gasteiger partial charge is 0.319 e. The zero-order valence-electron chi connectivity index (χ0n) is 15.6. The van der Waals surface area contributed by atoms with E-state index in [1.165, 1.54) is 19.3 Å². The largest absolute Gasteiger partial charge is 0.372 e. The van der Waals surface area contributed by atoms with E-state index in [1.54, 1.807) is 0 Å². The summed E-state index contributed by atoms with van der Waals surface area (Å²) in [6.45, 7) is 8.09. The minimum atomic E-state index is -0.0967. The third-order valence-electron chi connectivity index (χ3n) is 5.34. The van der Waals surface area contributed by atoms with Gasteiger partial charge in [0.1, 0.15) is 0 Å². The highest BCUT2D eigenvalue weighted by Gasteiger charge is 2.25. The lowest BCUT2D eigenvalue weighted by Crippen LogP contribution is -2.46. The van der Waals surface area contributed by atoms with Gasteiger partial charge in [0, 0.05) is 19.1 Å². The summed E-state index contributed by atoms with van der Waals surface area (Å²) in [4.78, 5) is 14.8. The standard InChI is InChI=1S/C20H31N3O2/c1-14-8-4-5-9-17(14)21-20(24)22-18-10-6-7-11-19(18)23-12-15(2)25-16(3)13-23/h6-7,10-11,14-17H,4-5,8-9,12-13H2,1-3H3,(H2,21,22,24). The summed E-state index contributed by atoms with van der Waals surface area (Å²) in [7, 11) is 0. The quantitative estimate of drug-likeness (QED) is 0.870. The van der Waals surface area contributed by atoms with E-state index >= 15 is 0 Å². The maximum Gasteiger partial charge on any atom is 0.319 e. The highest BCUT2D eigenvalue weighted by Crippen LogP contribution is 2.29. The Morgan fingerprint density at radius 2 is 1.76 bits per heavy atom. The molecule has 1 saturated carbocycles. The molecular weight excluding hydrogens is 314 g/mol. The average molecular weight is 345 g/mol. The van der Waals surface area contributed by atoms with Crippen LogP contribution >= 0.6 is 0 Å². The number of morpholine rings is 1. The Labute approximate surface area is 151 Å². The number of urea groups is 1. The van der Waals surface area contributed by atoms with Crippen molar-refractivity contribution in [1.29, 1.82) is 0 Å². The van der Waals surface area contributed by atoms with Crippen LogP contribution in [0.5, 0.6) is 0 Å². The minimum absolute atomic E-state index is 0.0967. The summed E-state index contributed by atoms with van der Waals surface area (Å²) in [6, 6.07) is 8.22. The van der Waals surface area contributed by atoms with Crippen molar-refractivity contribution in [3.8, 4) is 0 Å². The van der Waals surface area contributed by atoms with E-state index in [2.05, 4.69) is 42.4 Å². The zero-order chi connectivity index (χ0) is 17.8. The number of ether oxygens (including phenoxy) is 1. The molecule has 5 nitrogen and oxygen atoms in total. The van der Waals surface area contributed by atoms with E-state index in [1.807, 2.05) is 18.2 Å². The number of para-hydroxylation sites is 2. The summed E-state index contributed by atoms with van der Waals surface area (Å²) in [5.41, 5.74) is 1.93. The molecule has 4 unspecified atom stereocenters. The van der Waals surface area contributed by atoms with Crippen LogP contribution in [0.1, 0.15) is 46.5 Å². The number of amides is 2. The maximum atomic E-state index is 12.5. The van der Waals surface area contributed by atoms with E-state index in [9.17, 15) is 4.79 Å². The molecule has 138 valence electrons. The third-order valence-corrected chi connectivity index (χ3v) is 5.34. The van der Waals surface area contributed by atoms with Crippen molar-refractivity contribution >= 4 is 17.4 Å². The molecule has 3 rings (SSSR count). The van der Waals surface area contributed by atoms with Gasteiger partial charge in [-0.05, 0) is 44.7 Å². The molecule has 2 fully saturated rings. The number of rotatable bonds is 3. The second-order valence-electron chi connectivity index (χ2n) is 7.65. The van der Waals surface area contributed by atoms with E-state index in [0.29, 0.717) is 5.92 Å². The molecule has 0 aromatic heterocycles. The molecule has 1 aliphatic heterocycles. The first-order valence-corrected chi connectivity index (χ1v) is 9.60. The van der Waals surface area contributed by atoms with E-state index in [0.717, 1.165) is 30.9 Å². The molecule has 1 saturated heterocycles. The Morgan fingerprint density at radius 3 is 2.48 bits per heavy atom. The minimum Gasteiger partial charge on any atom is -0.372 e. The molecule has 1 aromatic carbocycles. The predicted molar refractivity (Wildman–Crippen MR) is 102 cm³/mol. The monoisotopic (exact) mass is 345 g/mol. The highest BCUT2D eigenvalue weighted by molar-refractivity contribution is 5.93. The first-order valence-electron chi connectivity index (χ1n) is 9.60. The number of hydrogen-bond donors (Lipinski definition) is 2. The number of benzene rings is 1. The van der Waals surface area contributed by atoms with Crippen molar-refractivity contribution in [1.82, 2.24) is 5.32 Å². The van der Waals surface area contributed by atoms with Gasteiger partial charge in [0.25, 0.3) is 0 Å². The molecule has 4 atom stereocenters. The number of carbonyl (C=O) groups is 1. The van der Waals surface area contributed by atoms with Crippen LogP contribution in [0.4, 0.5) is 16.2 Å². The number of nitrogens with one attached hydrogen (secondary N) is 2. The summed E-state index contributed by atoms with van der Waals surface area (Å²) in [5.74, 6) is 0.552. The Bertz CT molecular complexity index is 582. The predicted octanol–water partition coefficient (Wildman–Crippen LogP) is 4.00. The highest BCUT2D eigenvalue weighted by atomic mass is 16.5. The molecule has 0 spiro atoms. The van der Waals surface area contributed by atoms with Gasteiger partial charge < -0.3 is 20.3 Å². The number of carbonyl (C=O) groups excluding carboxylic acids is 1. The van der Waals surface area contributed by atoms with Crippen LogP contribution in [0.2, 0.25) is 0 Å². The van der Waals surface area contributed by atoms with Crippen LogP contribution in [0.25, 0.3) is 0 Å². The molecule has 1 aliphatic carbocycles. The normalized spacial score (nSPS) is 30.0. The summed E-state index contributed by atoms with van der Waals surface area (Å²) < 4.78 is 5.83. The van der Waals surface area contributed by atoms with Gasteiger partial charge in [-0.25, -0.2) is 4.79 Å². The van der Waals surface area contributed by atoms with Gasteiger partial charge in [0.05, 0.1) is 23.6 Å². The molecule has 5 heteroatoms. The topological polar surface area (TPSA) is 53.6 Å².